The topological polar surface area (TPSA) is 81.7 Å². The number of aliphatic hydroxyl groups excluding tert-OH is 1. The SMILES string of the molecule is CC(C)(CO)NC(=O)N[C@H]1CC(=O)N(c2ccc(Cl)cc2)C1. The Hall–Kier alpha value is -1.79. The molecule has 22 heavy (non-hydrogen) atoms. The molecule has 0 spiro atoms. The third kappa shape index (κ3) is 4.11. The molecule has 7 heteroatoms. The Morgan fingerprint density at radius 1 is 1.41 bits per heavy atom. The monoisotopic (exact) mass is 325 g/mol. The highest BCUT2D eigenvalue weighted by atomic mass is 35.5. The first-order valence-corrected chi connectivity index (χ1v) is 7.44. The van der Waals surface area contributed by atoms with E-state index in [1.165, 1.54) is 0 Å². The number of hydrogen-bond donors (Lipinski definition) is 3. The van der Waals surface area contributed by atoms with Crippen molar-refractivity contribution in [1.82, 2.24) is 10.6 Å². The number of nitrogens with zero attached hydrogens (tertiary/aromatic N) is 1. The van der Waals surface area contributed by atoms with Gasteiger partial charge in [-0.25, -0.2) is 4.79 Å². The average molecular weight is 326 g/mol. The number of halogens is 1. The Balaban J connectivity index is 1.95. The molecule has 0 bridgehead atoms. The van der Waals surface area contributed by atoms with Crippen molar-refractivity contribution in [2.24, 2.45) is 0 Å². The first-order chi connectivity index (χ1) is 10.3. The molecule has 0 saturated carbocycles. The van der Waals surface area contributed by atoms with E-state index in [1.807, 2.05) is 0 Å². The molecule has 120 valence electrons. The second-order valence-electron chi connectivity index (χ2n) is 6.02. The summed E-state index contributed by atoms with van der Waals surface area (Å²) in [5, 5.41) is 15.2. The zero-order valence-electron chi connectivity index (χ0n) is 12.6. The zero-order chi connectivity index (χ0) is 16.3. The van der Waals surface area contributed by atoms with E-state index in [0.717, 1.165) is 5.69 Å². The zero-order valence-corrected chi connectivity index (χ0v) is 13.4. The number of urea groups is 1. The van der Waals surface area contributed by atoms with Gasteiger partial charge in [-0.1, -0.05) is 11.6 Å². The van der Waals surface area contributed by atoms with E-state index >= 15 is 0 Å². The fourth-order valence-corrected chi connectivity index (χ4v) is 2.37. The number of rotatable bonds is 4. The maximum atomic E-state index is 12.1. The number of benzene rings is 1. The Kier molecular flexibility index (Phi) is 4.93. The van der Waals surface area contributed by atoms with Crippen LogP contribution in [0.5, 0.6) is 0 Å². The van der Waals surface area contributed by atoms with Crippen LogP contribution in [0.25, 0.3) is 0 Å². The molecule has 0 unspecified atom stereocenters. The van der Waals surface area contributed by atoms with Crippen molar-refractivity contribution in [3.05, 3.63) is 29.3 Å². The molecule has 3 amide bonds. The van der Waals surface area contributed by atoms with E-state index in [4.69, 9.17) is 16.7 Å². The van der Waals surface area contributed by atoms with E-state index in [9.17, 15) is 9.59 Å². The van der Waals surface area contributed by atoms with Gasteiger partial charge in [0.15, 0.2) is 0 Å². The molecule has 1 fully saturated rings. The summed E-state index contributed by atoms with van der Waals surface area (Å²) in [5.41, 5.74) is 0.0533. The quantitative estimate of drug-likeness (QED) is 0.785. The van der Waals surface area contributed by atoms with Gasteiger partial charge in [-0.05, 0) is 38.1 Å². The third-order valence-corrected chi connectivity index (χ3v) is 3.70. The van der Waals surface area contributed by atoms with Crippen LogP contribution in [0.2, 0.25) is 5.02 Å². The molecule has 0 aliphatic carbocycles. The van der Waals surface area contributed by atoms with Crippen molar-refractivity contribution in [3.63, 3.8) is 0 Å². The van der Waals surface area contributed by atoms with E-state index in [1.54, 1.807) is 43.0 Å². The summed E-state index contributed by atoms with van der Waals surface area (Å²) in [4.78, 5) is 25.6. The smallest absolute Gasteiger partial charge is 0.315 e. The highest BCUT2D eigenvalue weighted by Gasteiger charge is 2.32. The Morgan fingerprint density at radius 2 is 2.05 bits per heavy atom. The van der Waals surface area contributed by atoms with Crippen LogP contribution >= 0.6 is 11.6 Å². The second-order valence-corrected chi connectivity index (χ2v) is 6.46. The van der Waals surface area contributed by atoms with Gasteiger partial charge in [-0.2, -0.15) is 0 Å². The van der Waals surface area contributed by atoms with Crippen LogP contribution in [0.3, 0.4) is 0 Å². The van der Waals surface area contributed by atoms with Crippen molar-refractivity contribution in [1.29, 1.82) is 0 Å². The fourth-order valence-electron chi connectivity index (χ4n) is 2.24. The van der Waals surface area contributed by atoms with Crippen molar-refractivity contribution in [3.8, 4) is 0 Å². The highest BCUT2D eigenvalue weighted by Crippen LogP contribution is 2.23. The van der Waals surface area contributed by atoms with Crippen molar-refractivity contribution < 1.29 is 14.7 Å². The molecule has 1 aliphatic rings. The number of carbonyl (C=O) groups excluding carboxylic acids is 2. The van der Waals surface area contributed by atoms with Crippen LogP contribution < -0.4 is 15.5 Å². The van der Waals surface area contributed by atoms with Gasteiger partial charge in [0.1, 0.15) is 0 Å². The standard InChI is InChI=1S/C15H20ClN3O3/c1-15(2,9-20)18-14(22)17-11-7-13(21)19(8-11)12-5-3-10(16)4-6-12/h3-6,11,20H,7-9H2,1-2H3,(H2,17,18,22)/t11-/m0/s1. The lowest BCUT2D eigenvalue weighted by Gasteiger charge is -2.25. The minimum absolute atomic E-state index is 0.0472. The fraction of sp³-hybridized carbons (Fsp3) is 0.467. The number of amides is 3. The number of carbonyl (C=O) groups is 2. The van der Waals surface area contributed by atoms with Gasteiger partial charge in [0.25, 0.3) is 0 Å². The molecule has 1 aromatic rings. The van der Waals surface area contributed by atoms with Crippen LogP contribution in [-0.4, -0.2) is 41.8 Å². The Morgan fingerprint density at radius 3 is 2.64 bits per heavy atom. The van der Waals surface area contributed by atoms with Gasteiger partial charge in [0.2, 0.25) is 5.91 Å². The maximum absolute atomic E-state index is 12.1. The number of nitrogens with one attached hydrogen (secondary N) is 2. The minimum atomic E-state index is -0.706. The molecule has 0 radical (unpaired) electrons. The summed E-state index contributed by atoms with van der Waals surface area (Å²) in [6.07, 6.45) is 0.246. The summed E-state index contributed by atoms with van der Waals surface area (Å²) in [6, 6.07) is 6.34. The second kappa shape index (κ2) is 6.54. The molecule has 0 aromatic heterocycles. The first kappa shape index (κ1) is 16.6. The van der Waals surface area contributed by atoms with Crippen LogP contribution in [0.1, 0.15) is 20.3 Å². The average Bonchev–Trinajstić information content (AvgIpc) is 2.79. The summed E-state index contributed by atoms with van der Waals surface area (Å²) in [7, 11) is 0. The maximum Gasteiger partial charge on any atom is 0.315 e. The lowest BCUT2D eigenvalue weighted by atomic mass is 10.1. The minimum Gasteiger partial charge on any atom is -0.394 e. The van der Waals surface area contributed by atoms with Gasteiger partial charge in [-0.15, -0.1) is 0 Å². The highest BCUT2D eigenvalue weighted by molar-refractivity contribution is 6.30. The van der Waals surface area contributed by atoms with Gasteiger partial charge >= 0.3 is 6.03 Å². The largest absolute Gasteiger partial charge is 0.394 e. The number of aliphatic hydroxyl groups is 1. The van der Waals surface area contributed by atoms with Crippen LogP contribution in [0.15, 0.2) is 24.3 Å². The van der Waals surface area contributed by atoms with E-state index in [2.05, 4.69) is 10.6 Å². The molecule has 2 rings (SSSR count). The predicted octanol–water partition coefficient (Wildman–Crippen LogP) is 1.52. The normalized spacial score (nSPS) is 18.5. The summed E-state index contributed by atoms with van der Waals surface area (Å²) >= 11 is 5.84. The van der Waals surface area contributed by atoms with Gasteiger partial charge in [0.05, 0.1) is 18.2 Å². The molecule has 1 saturated heterocycles. The summed E-state index contributed by atoms with van der Waals surface area (Å²) < 4.78 is 0. The van der Waals surface area contributed by atoms with Crippen molar-refractivity contribution in [2.75, 3.05) is 18.1 Å². The van der Waals surface area contributed by atoms with E-state index < -0.39 is 11.6 Å². The van der Waals surface area contributed by atoms with Crippen molar-refractivity contribution in [2.45, 2.75) is 31.8 Å². The van der Waals surface area contributed by atoms with E-state index in [-0.39, 0.29) is 25.0 Å². The molecule has 1 aromatic carbocycles. The van der Waals surface area contributed by atoms with E-state index in [0.29, 0.717) is 11.6 Å². The Labute approximate surface area is 134 Å². The molecule has 1 atom stereocenters. The van der Waals surface area contributed by atoms with Gasteiger partial charge in [0, 0.05) is 23.7 Å². The Bertz CT molecular complexity index is 560. The van der Waals surface area contributed by atoms with Crippen LogP contribution in [0, 0.1) is 0 Å². The number of hydrogen-bond acceptors (Lipinski definition) is 3. The lowest BCUT2D eigenvalue weighted by Crippen LogP contribution is -2.53. The summed E-state index contributed by atoms with van der Waals surface area (Å²) in [6.45, 7) is 3.67. The lowest BCUT2D eigenvalue weighted by molar-refractivity contribution is -0.117. The summed E-state index contributed by atoms with van der Waals surface area (Å²) in [5.74, 6) is -0.0472. The van der Waals surface area contributed by atoms with Crippen molar-refractivity contribution >= 4 is 29.2 Å². The molecule has 1 aliphatic heterocycles. The number of anilines is 1. The molecule has 6 nitrogen and oxygen atoms in total. The molecular formula is C15H20ClN3O3. The van der Waals surface area contributed by atoms with Gasteiger partial charge < -0.3 is 20.6 Å². The molecule has 1 heterocycles. The van der Waals surface area contributed by atoms with Crippen LogP contribution in [0.4, 0.5) is 10.5 Å². The third-order valence-electron chi connectivity index (χ3n) is 3.45. The van der Waals surface area contributed by atoms with Gasteiger partial charge in [-0.3, -0.25) is 4.79 Å². The molecule has 3 N–H and O–H groups in total. The predicted molar refractivity (Wildman–Crippen MR) is 85.0 cm³/mol. The molecular weight excluding hydrogens is 306 g/mol. The first-order valence-electron chi connectivity index (χ1n) is 7.06. The van der Waals surface area contributed by atoms with Crippen LogP contribution in [-0.2, 0) is 4.79 Å².